The van der Waals surface area contributed by atoms with E-state index in [1.54, 1.807) is 4.90 Å². The molecule has 3 rings (SSSR count). The number of hydrogen-bond acceptors (Lipinski definition) is 4. The van der Waals surface area contributed by atoms with Crippen LogP contribution in [0, 0.1) is 0 Å². The van der Waals surface area contributed by atoms with E-state index in [-0.39, 0.29) is 17.2 Å². The van der Waals surface area contributed by atoms with Crippen LogP contribution in [0.4, 0.5) is 4.79 Å². The van der Waals surface area contributed by atoms with Gasteiger partial charge in [-0.1, -0.05) is 81.4 Å². The van der Waals surface area contributed by atoms with Crippen molar-refractivity contribution in [3.05, 3.63) is 60.7 Å². The van der Waals surface area contributed by atoms with Gasteiger partial charge in [-0.15, -0.1) is 0 Å². The maximum Gasteiger partial charge on any atom is 0.410 e. The van der Waals surface area contributed by atoms with Crippen LogP contribution in [0.5, 0.6) is 0 Å². The van der Waals surface area contributed by atoms with Crippen LogP contribution in [0.1, 0.15) is 41.5 Å². The lowest BCUT2D eigenvalue weighted by molar-refractivity contribution is -0.0569. The van der Waals surface area contributed by atoms with Crippen molar-refractivity contribution < 1.29 is 18.7 Å². The summed E-state index contributed by atoms with van der Waals surface area (Å²) >= 11 is 0. The van der Waals surface area contributed by atoms with E-state index < -0.39 is 13.9 Å². The van der Waals surface area contributed by atoms with Crippen molar-refractivity contribution >= 4 is 24.8 Å². The first-order chi connectivity index (χ1) is 15.0. The molecule has 0 aliphatic carbocycles. The van der Waals surface area contributed by atoms with Crippen LogP contribution in [0.15, 0.2) is 60.7 Å². The Labute approximate surface area is 193 Å². The number of benzene rings is 2. The Morgan fingerprint density at radius 2 is 1.50 bits per heavy atom. The summed E-state index contributed by atoms with van der Waals surface area (Å²) in [5.74, 6) is 0. The summed E-state index contributed by atoms with van der Waals surface area (Å²) < 4.78 is 18.5. The monoisotopic (exact) mass is 455 g/mol. The number of ether oxygens (including phenoxy) is 2. The quantitative estimate of drug-likeness (QED) is 0.634. The molecule has 0 saturated carbocycles. The van der Waals surface area contributed by atoms with Crippen LogP contribution in [0.2, 0.25) is 5.04 Å². The smallest absolute Gasteiger partial charge is 0.410 e. The van der Waals surface area contributed by atoms with E-state index in [1.165, 1.54) is 10.4 Å². The summed E-state index contributed by atoms with van der Waals surface area (Å²) in [6, 6.07) is 21.1. The van der Waals surface area contributed by atoms with E-state index >= 15 is 0 Å². The number of nitrogens with zero attached hydrogens (tertiary/aromatic N) is 1. The Balaban J connectivity index is 1.86. The molecule has 174 valence electrons. The molecule has 0 N–H and O–H groups in total. The zero-order chi connectivity index (χ0) is 23.4. The minimum atomic E-state index is -2.64. The lowest BCUT2D eigenvalue weighted by Gasteiger charge is -2.44. The molecular weight excluding hydrogens is 418 g/mol. The molecular formula is C26H37NO4Si. The van der Waals surface area contributed by atoms with Crippen molar-refractivity contribution in [2.75, 3.05) is 26.3 Å². The Hall–Kier alpha value is -2.15. The summed E-state index contributed by atoms with van der Waals surface area (Å²) in [7, 11) is -2.64. The average molecular weight is 456 g/mol. The highest BCUT2D eigenvalue weighted by Crippen LogP contribution is 2.37. The zero-order valence-electron chi connectivity index (χ0n) is 20.3. The third kappa shape index (κ3) is 5.60. The molecule has 1 aliphatic rings. The fourth-order valence-electron chi connectivity index (χ4n) is 4.29. The van der Waals surface area contributed by atoms with Gasteiger partial charge in [-0.3, -0.25) is 0 Å². The second-order valence-electron chi connectivity index (χ2n) is 10.4. The number of morpholine rings is 1. The SMILES string of the molecule is CC(C)(C)OC(=O)N1CCO[C@@H](CO[Si](c2ccccc2)(c2ccccc2)C(C)(C)C)C1. The van der Waals surface area contributed by atoms with Gasteiger partial charge in [0.1, 0.15) is 5.60 Å². The van der Waals surface area contributed by atoms with Crippen LogP contribution in [0.3, 0.4) is 0 Å². The van der Waals surface area contributed by atoms with Crippen LogP contribution in [0.25, 0.3) is 0 Å². The van der Waals surface area contributed by atoms with Gasteiger partial charge in [-0.25, -0.2) is 4.79 Å². The van der Waals surface area contributed by atoms with E-state index in [2.05, 4.69) is 69.3 Å². The summed E-state index contributed by atoms with van der Waals surface area (Å²) in [6.07, 6.45) is -0.492. The van der Waals surface area contributed by atoms with Crippen LogP contribution in [-0.4, -0.2) is 57.3 Å². The van der Waals surface area contributed by atoms with E-state index in [0.717, 1.165) is 0 Å². The third-order valence-electron chi connectivity index (χ3n) is 5.69. The number of carbonyl (C=O) groups is 1. The maximum atomic E-state index is 12.6. The molecule has 0 spiro atoms. The fourth-order valence-corrected chi connectivity index (χ4v) is 8.88. The minimum Gasteiger partial charge on any atom is -0.444 e. The average Bonchev–Trinajstić information content (AvgIpc) is 2.74. The largest absolute Gasteiger partial charge is 0.444 e. The Morgan fingerprint density at radius 3 is 1.97 bits per heavy atom. The lowest BCUT2D eigenvalue weighted by Crippen LogP contribution is -2.67. The first-order valence-electron chi connectivity index (χ1n) is 11.4. The Morgan fingerprint density at radius 1 is 0.969 bits per heavy atom. The summed E-state index contributed by atoms with van der Waals surface area (Å²) in [6.45, 7) is 14.3. The number of amides is 1. The van der Waals surface area contributed by atoms with Gasteiger partial charge >= 0.3 is 6.09 Å². The molecule has 0 radical (unpaired) electrons. The van der Waals surface area contributed by atoms with Gasteiger partial charge in [0, 0.05) is 6.54 Å². The van der Waals surface area contributed by atoms with Crippen LogP contribution in [-0.2, 0) is 13.9 Å². The van der Waals surface area contributed by atoms with E-state index in [0.29, 0.717) is 26.3 Å². The van der Waals surface area contributed by atoms with Crippen molar-refractivity contribution in [2.24, 2.45) is 0 Å². The van der Waals surface area contributed by atoms with Crippen LogP contribution >= 0.6 is 0 Å². The fraction of sp³-hybridized carbons (Fsp3) is 0.500. The van der Waals surface area contributed by atoms with Crippen LogP contribution < -0.4 is 10.4 Å². The molecule has 5 nitrogen and oxygen atoms in total. The Bertz CT molecular complexity index is 835. The molecule has 2 aromatic carbocycles. The number of carbonyl (C=O) groups excluding carboxylic acids is 1. The minimum absolute atomic E-state index is 0.102. The normalized spacial score (nSPS) is 17.8. The van der Waals surface area contributed by atoms with E-state index in [1.807, 2.05) is 32.9 Å². The third-order valence-corrected chi connectivity index (χ3v) is 10.7. The van der Waals surface area contributed by atoms with Gasteiger partial charge < -0.3 is 18.8 Å². The summed E-state index contributed by atoms with van der Waals surface area (Å²) in [5, 5.41) is 2.37. The molecule has 0 bridgehead atoms. The molecule has 0 aromatic heterocycles. The number of rotatable bonds is 5. The van der Waals surface area contributed by atoms with Gasteiger partial charge in [0.15, 0.2) is 0 Å². The highest BCUT2D eigenvalue weighted by molar-refractivity contribution is 6.99. The van der Waals surface area contributed by atoms with E-state index in [4.69, 9.17) is 13.9 Å². The molecule has 6 heteroatoms. The van der Waals surface area contributed by atoms with Crippen molar-refractivity contribution in [1.82, 2.24) is 4.90 Å². The van der Waals surface area contributed by atoms with Crippen molar-refractivity contribution in [3.8, 4) is 0 Å². The summed E-state index contributed by atoms with van der Waals surface area (Å²) in [5.41, 5.74) is -0.518. The predicted molar refractivity (Wildman–Crippen MR) is 131 cm³/mol. The lowest BCUT2D eigenvalue weighted by atomic mass is 10.2. The summed E-state index contributed by atoms with van der Waals surface area (Å²) in [4.78, 5) is 14.3. The standard InChI is InChI=1S/C26H37NO4Si/c1-25(2,3)31-24(28)27-17-18-29-21(19-27)20-30-32(26(4,5)6,22-13-9-7-10-14-22)23-15-11-8-12-16-23/h7-16,21H,17-20H2,1-6H3/t21-/m1/s1. The molecule has 1 fully saturated rings. The van der Waals surface area contributed by atoms with Gasteiger partial charge in [0.05, 0.1) is 25.9 Å². The van der Waals surface area contributed by atoms with Crippen molar-refractivity contribution in [3.63, 3.8) is 0 Å². The first-order valence-corrected chi connectivity index (χ1v) is 13.3. The second kappa shape index (κ2) is 9.77. The van der Waals surface area contributed by atoms with Gasteiger partial charge in [-0.05, 0) is 36.2 Å². The first kappa shape index (κ1) is 24.5. The topological polar surface area (TPSA) is 48.0 Å². The van der Waals surface area contributed by atoms with Gasteiger partial charge in [0.2, 0.25) is 0 Å². The highest BCUT2D eigenvalue weighted by Gasteiger charge is 2.50. The molecule has 0 unspecified atom stereocenters. The Kier molecular flexibility index (Phi) is 7.48. The number of hydrogen-bond donors (Lipinski definition) is 0. The van der Waals surface area contributed by atoms with Gasteiger partial charge in [-0.2, -0.15) is 0 Å². The molecule has 1 aliphatic heterocycles. The second-order valence-corrected chi connectivity index (χ2v) is 14.7. The molecule has 1 amide bonds. The highest BCUT2D eigenvalue weighted by atomic mass is 28.4. The predicted octanol–water partition coefficient (Wildman–Crippen LogP) is 4.20. The van der Waals surface area contributed by atoms with Gasteiger partial charge in [0.25, 0.3) is 8.32 Å². The van der Waals surface area contributed by atoms with Crippen molar-refractivity contribution in [2.45, 2.75) is 58.3 Å². The van der Waals surface area contributed by atoms with Crippen molar-refractivity contribution in [1.29, 1.82) is 0 Å². The molecule has 1 saturated heterocycles. The molecule has 1 atom stereocenters. The maximum absolute atomic E-state index is 12.6. The van der Waals surface area contributed by atoms with E-state index in [9.17, 15) is 4.79 Å². The molecule has 1 heterocycles. The molecule has 2 aromatic rings. The molecule has 32 heavy (non-hydrogen) atoms. The zero-order valence-corrected chi connectivity index (χ0v) is 21.3.